The summed E-state index contributed by atoms with van der Waals surface area (Å²) in [5, 5.41) is 48.3. The van der Waals surface area contributed by atoms with Gasteiger partial charge in [0.25, 0.3) is 0 Å². The lowest BCUT2D eigenvalue weighted by molar-refractivity contribution is -0.142. The first-order chi connectivity index (χ1) is 46.4. The number of aliphatic imine (C=N–C) groups is 1. The smallest absolute Gasteiger partial charge is 0.245 e. The molecule has 0 aliphatic carbocycles. The molecule has 2 aliphatic rings. The van der Waals surface area contributed by atoms with E-state index in [4.69, 9.17) is 17.2 Å². The molecular weight excluding hydrogens is 1260 g/mol. The molecule has 32 heteroatoms. The molecule has 0 unspecified atom stereocenters. The molecule has 2 aliphatic heterocycles. The van der Waals surface area contributed by atoms with Crippen molar-refractivity contribution in [1.29, 1.82) is 0 Å². The third kappa shape index (κ3) is 24.5. The van der Waals surface area contributed by atoms with Crippen molar-refractivity contribution in [3.63, 3.8) is 0 Å². The van der Waals surface area contributed by atoms with E-state index in [1.54, 1.807) is 24.4 Å². The predicted molar refractivity (Wildman–Crippen MR) is 355 cm³/mol. The summed E-state index contributed by atoms with van der Waals surface area (Å²) < 4.78 is 0. The molecule has 6 rings (SSSR count). The van der Waals surface area contributed by atoms with Gasteiger partial charge in [-0.2, -0.15) is 0 Å². The molecule has 2 aromatic heterocycles. The number of likely N-dealkylation sites (tertiary alicyclic amines) is 1. The highest BCUT2D eigenvalue weighted by Gasteiger charge is 2.40. The minimum atomic E-state index is -1.70. The SMILES string of the molecule is CCCCCC(=O)N[C@H](CCCCNC(=O)[C@H](Cc1ccc(O)cc1)NC(=O)[C@H](CO)NC(=O)[C@H](Cc1c[nH]c2ccccc12)NC(=O)[C@H](Cc1cnc[nH]1)NC(=O)[C@@H]1CCC(=O)N1)C(=O)N[C@@H](CC(C)C)C(=O)N[C@@H](CCCN=C(N)N)C(=O)N1CCC[C@H]1C(=O)NCC(N)=O. The van der Waals surface area contributed by atoms with Crippen molar-refractivity contribution in [3.8, 4) is 5.75 Å². The molecule has 97 heavy (non-hydrogen) atoms. The average Bonchev–Trinajstić information content (AvgIpc) is 1.75. The highest BCUT2D eigenvalue weighted by molar-refractivity contribution is 5.99. The minimum absolute atomic E-state index is 0.0201. The molecule has 12 amide bonds. The Bertz CT molecular complexity index is 3370. The Morgan fingerprint density at radius 1 is 0.680 bits per heavy atom. The van der Waals surface area contributed by atoms with E-state index < -0.39 is 133 Å². The standard InChI is InChI=1S/C65H94N18O14/c1-4-5-6-18-54(87)75-44(57(90)78-47(28-37(2)3)59(92)77-46(16-11-26-71-65(67)68)64(97)83-27-12-17-52(83)63(96)73-34-53(66)86)15-9-10-25-70-56(89)48(29-38-19-21-41(85)22-20-38)79-62(95)51(35-84)82-60(93)49(30-39-32-72-43-14-8-7-13-42(39)43)80-61(94)50(31-40-33-69-36-74-40)81-58(91)45-23-24-55(88)76-45/h7-8,13-14,19-22,32-33,36-37,44-52,72,84-85H,4-6,9-12,15-18,23-31,34-35H2,1-3H3,(H2,66,86)(H,69,74)(H,70,89)(H,73,96)(H,75,87)(H,76,88)(H,77,92)(H,78,90)(H,79,95)(H,80,94)(H,81,91)(H,82,93)(H4,67,68,71)/t44-,45+,46+,47+,48+,49+,50+,51+,52+/m1/s1. The van der Waals surface area contributed by atoms with Crippen LogP contribution in [0.1, 0.15) is 127 Å². The number of phenolic OH excluding ortho intramolecular Hbond substituents is 1. The zero-order valence-corrected chi connectivity index (χ0v) is 55.0. The fourth-order valence-corrected chi connectivity index (χ4v) is 11.4. The number of carbonyl (C=O) groups excluding carboxylic acids is 12. The summed E-state index contributed by atoms with van der Waals surface area (Å²) in [5.41, 5.74) is 18.6. The Morgan fingerprint density at radius 3 is 1.99 bits per heavy atom. The van der Waals surface area contributed by atoms with Crippen LogP contribution in [0.15, 0.2) is 72.2 Å². The molecule has 4 aromatic rings. The second kappa shape index (κ2) is 38.4. The second-order valence-corrected chi connectivity index (χ2v) is 24.7. The number of carbonyl (C=O) groups is 12. The number of aromatic hydroxyl groups is 1. The maximum absolute atomic E-state index is 14.5. The van der Waals surface area contributed by atoms with Gasteiger partial charge >= 0.3 is 0 Å². The Hall–Kier alpha value is -10.1. The zero-order valence-electron chi connectivity index (χ0n) is 55.0. The molecule has 2 aromatic carbocycles. The van der Waals surface area contributed by atoms with Crippen LogP contribution >= 0.6 is 0 Å². The number of hydrogen-bond donors (Lipinski definition) is 17. The molecular formula is C65H94N18O14. The Kier molecular flexibility index (Phi) is 30.1. The van der Waals surface area contributed by atoms with Crippen LogP contribution in [0.25, 0.3) is 10.9 Å². The van der Waals surface area contributed by atoms with E-state index in [9.17, 15) is 67.7 Å². The van der Waals surface area contributed by atoms with Crippen LogP contribution in [0.2, 0.25) is 0 Å². The van der Waals surface area contributed by atoms with Gasteiger partial charge in [0, 0.05) is 80.7 Å². The first kappa shape index (κ1) is 75.9. The molecule has 9 atom stereocenters. The van der Waals surface area contributed by atoms with Crippen LogP contribution in [-0.4, -0.2) is 194 Å². The highest BCUT2D eigenvalue weighted by Crippen LogP contribution is 2.22. The van der Waals surface area contributed by atoms with Crippen LogP contribution in [0, 0.1) is 5.92 Å². The van der Waals surface area contributed by atoms with Crippen LogP contribution < -0.4 is 70.4 Å². The number of para-hydroxylation sites is 1. The van der Waals surface area contributed by atoms with Crippen LogP contribution in [0.3, 0.4) is 0 Å². The lowest BCUT2D eigenvalue weighted by atomic mass is 10.0. The van der Waals surface area contributed by atoms with Crippen molar-refractivity contribution in [2.24, 2.45) is 28.1 Å². The van der Waals surface area contributed by atoms with Gasteiger partial charge in [0.15, 0.2) is 5.96 Å². The van der Waals surface area contributed by atoms with E-state index in [1.807, 2.05) is 26.8 Å². The molecule has 4 heterocycles. The molecule has 32 nitrogen and oxygen atoms in total. The van der Waals surface area contributed by atoms with Crippen molar-refractivity contribution in [3.05, 3.63) is 84.1 Å². The average molecular weight is 1350 g/mol. The van der Waals surface area contributed by atoms with Crippen molar-refractivity contribution >= 4 is 87.7 Å². The number of aromatic nitrogens is 3. The number of fused-ring (bicyclic) bond motifs is 1. The van der Waals surface area contributed by atoms with Gasteiger partial charge in [-0.15, -0.1) is 0 Å². The molecule has 2 saturated heterocycles. The third-order valence-electron chi connectivity index (χ3n) is 16.5. The number of nitrogens with one attached hydrogen (secondary N) is 12. The van der Waals surface area contributed by atoms with E-state index in [-0.39, 0.29) is 120 Å². The highest BCUT2D eigenvalue weighted by atomic mass is 16.3. The normalized spacial score (nSPS) is 16.4. The van der Waals surface area contributed by atoms with Gasteiger partial charge < -0.3 is 95.4 Å². The minimum Gasteiger partial charge on any atom is -0.508 e. The van der Waals surface area contributed by atoms with Gasteiger partial charge in [-0.05, 0) is 99.5 Å². The monoisotopic (exact) mass is 1350 g/mol. The number of imidazole rings is 1. The maximum atomic E-state index is 14.5. The fourth-order valence-electron chi connectivity index (χ4n) is 11.4. The number of aromatic amines is 2. The van der Waals surface area contributed by atoms with E-state index in [2.05, 4.69) is 73.1 Å². The molecule has 0 radical (unpaired) electrons. The molecule has 528 valence electrons. The Balaban J connectivity index is 1.14. The summed E-state index contributed by atoms with van der Waals surface area (Å²) in [7, 11) is 0. The Morgan fingerprint density at radius 2 is 1.33 bits per heavy atom. The van der Waals surface area contributed by atoms with Crippen molar-refractivity contribution in [2.45, 2.75) is 184 Å². The molecule has 20 N–H and O–H groups in total. The number of primary amides is 1. The van der Waals surface area contributed by atoms with Gasteiger partial charge in [0.05, 0.1) is 19.5 Å². The van der Waals surface area contributed by atoms with Crippen molar-refractivity contribution in [2.75, 3.05) is 32.8 Å². The zero-order chi connectivity index (χ0) is 70.6. The lowest BCUT2D eigenvalue weighted by Crippen LogP contribution is -2.60. The van der Waals surface area contributed by atoms with Gasteiger partial charge in [-0.3, -0.25) is 62.5 Å². The molecule has 0 saturated carbocycles. The number of aliphatic hydroxyl groups is 1. The van der Waals surface area contributed by atoms with Gasteiger partial charge in [-0.25, -0.2) is 4.98 Å². The third-order valence-corrected chi connectivity index (χ3v) is 16.5. The molecule has 0 bridgehead atoms. The van der Waals surface area contributed by atoms with Crippen LogP contribution in [0.4, 0.5) is 0 Å². The summed E-state index contributed by atoms with van der Waals surface area (Å²) >= 11 is 0. The fraction of sp³-hybridized carbons (Fsp3) is 0.538. The topological polar surface area (TPSA) is 504 Å². The van der Waals surface area contributed by atoms with E-state index >= 15 is 0 Å². The number of guanidine groups is 1. The number of benzene rings is 2. The number of phenols is 1. The van der Waals surface area contributed by atoms with Crippen molar-refractivity contribution < 1.29 is 67.7 Å². The molecule has 0 spiro atoms. The predicted octanol–water partition coefficient (Wildman–Crippen LogP) is -2.15. The van der Waals surface area contributed by atoms with Crippen molar-refractivity contribution in [1.82, 2.24) is 73.0 Å². The number of H-pyrrole nitrogens is 2. The number of amides is 12. The number of nitrogens with zero attached hydrogens (tertiary/aromatic N) is 3. The second-order valence-electron chi connectivity index (χ2n) is 24.7. The summed E-state index contributed by atoms with van der Waals surface area (Å²) in [5.74, 6) is -8.55. The quantitative estimate of drug-likeness (QED) is 0.0128. The van der Waals surface area contributed by atoms with Gasteiger partial charge in [0.2, 0.25) is 70.9 Å². The first-order valence-corrected chi connectivity index (χ1v) is 32.9. The lowest BCUT2D eigenvalue weighted by Gasteiger charge is -2.30. The van der Waals surface area contributed by atoms with Crippen LogP contribution in [-0.2, 0) is 76.8 Å². The summed E-state index contributed by atoms with van der Waals surface area (Å²) in [6, 6.07) is 1.80. The van der Waals surface area contributed by atoms with E-state index in [1.165, 1.54) is 41.7 Å². The molecule has 2 fully saturated rings. The summed E-state index contributed by atoms with van der Waals surface area (Å²) in [4.78, 5) is 179. The van der Waals surface area contributed by atoms with Crippen LogP contribution in [0.5, 0.6) is 5.75 Å². The number of unbranched alkanes of at least 4 members (excludes halogenated alkanes) is 3. The van der Waals surface area contributed by atoms with Gasteiger partial charge in [0.1, 0.15) is 60.1 Å². The number of nitrogens with two attached hydrogens (primary N) is 3. The van der Waals surface area contributed by atoms with Gasteiger partial charge in [-0.1, -0.05) is 63.9 Å². The number of hydrogen-bond acceptors (Lipinski definition) is 16. The first-order valence-electron chi connectivity index (χ1n) is 32.9. The number of rotatable bonds is 40. The largest absolute Gasteiger partial charge is 0.508 e. The van der Waals surface area contributed by atoms with E-state index in [0.29, 0.717) is 36.1 Å². The summed E-state index contributed by atoms with van der Waals surface area (Å²) in [6.45, 7) is 4.49. The maximum Gasteiger partial charge on any atom is 0.245 e. The van der Waals surface area contributed by atoms with E-state index in [0.717, 1.165) is 23.7 Å². The number of aliphatic hydroxyl groups excluding tert-OH is 1. The Labute approximate surface area is 561 Å². The summed E-state index contributed by atoms with van der Waals surface area (Å²) in [6.07, 6.45) is 8.26.